The first-order valence-corrected chi connectivity index (χ1v) is 6.25. The SMILES string of the molecule is CCN1CCCC1CN(C)C(=O)C(C)S. The highest BCUT2D eigenvalue weighted by Gasteiger charge is 2.26. The van der Waals surface area contributed by atoms with Crippen molar-refractivity contribution in [3.8, 4) is 0 Å². The largest absolute Gasteiger partial charge is 0.343 e. The molecular formula is C11H22N2OS. The molecule has 1 heterocycles. The summed E-state index contributed by atoms with van der Waals surface area (Å²) in [6, 6.07) is 0.552. The molecule has 2 unspecified atom stereocenters. The molecule has 88 valence electrons. The third-order valence-corrected chi connectivity index (χ3v) is 3.34. The number of likely N-dealkylation sites (tertiary alicyclic amines) is 1. The van der Waals surface area contributed by atoms with E-state index in [2.05, 4.69) is 24.5 Å². The monoisotopic (exact) mass is 230 g/mol. The van der Waals surface area contributed by atoms with Crippen molar-refractivity contribution in [3.63, 3.8) is 0 Å². The second kappa shape index (κ2) is 5.75. The van der Waals surface area contributed by atoms with Crippen LogP contribution in [-0.2, 0) is 4.79 Å². The van der Waals surface area contributed by atoms with E-state index >= 15 is 0 Å². The lowest BCUT2D eigenvalue weighted by atomic mass is 10.2. The van der Waals surface area contributed by atoms with Gasteiger partial charge in [0.05, 0.1) is 5.25 Å². The summed E-state index contributed by atoms with van der Waals surface area (Å²) in [5.74, 6) is 0.126. The second-order valence-electron chi connectivity index (χ2n) is 4.32. The zero-order chi connectivity index (χ0) is 11.4. The maximum Gasteiger partial charge on any atom is 0.234 e. The fourth-order valence-corrected chi connectivity index (χ4v) is 2.44. The van der Waals surface area contributed by atoms with Gasteiger partial charge in [-0.15, -0.1) is 0 Å². The molecule has 1 fully saturated rings. The zero-order valence-electron chi connectivity index (χ0n) is 9.94. The van der Waals surface area contributed by atoms with Crippen LogP contribution < -0.4 is 0 Å². The molecule has 1 amide bonds. The minimum absolute atomic E-state index is 0.126. The van der Waals surface area contributed by atoms with E-state index in [9.17, 15) is 4.79 Å². The summed E-state index contributed by atoms with van der Waals surface area (Å²) in [4.78, 5) is 15.9. The quantitative estimate of drug-likeness (QED) is 0.735. The highest BCUT2D eigenvalue weighted by molar-refractivity contribution is 7.81. The molecule has 15 heavy (non-hydrogen) atoms. The number of carbonyl (C=O) groups is 1. The van der Waals surface area contributed by atoms with Gasteiger partial charge in [-0.25, -0.2) is 0 Å². The van der Waals surface area contributed by atoms with Gasteiger partial charge in [0.15, 0.2) is 0 Å². The molecule has 0 N–H and O–H groups in total. The van der Waals surface area contributed by atoms with E-state index in [1.54, 1.807) is 0 Å². The number of likely N-dealkylation sites (N-methyl/N-ethyl adjacent to an activating group) is 2. The molecule has 1 aliphatic heterocycles. The number of hydrogen-bond donors (Lipinski definition) is 1. The summed E-state index contributed by atoms with van der Waals surface area (Å²) in [5, 5.41) is -0.188. The minimum atomic E-state index is -0.188. The van der Waals surface area contributed by atoms with Crippen LogP contribution in [0.1, 0.15) is 26.7 Å². The summed E-state index contributed by atoms with van der Waals surface area (Å²) in [6.45, 7) is 7.12. The van der Waals surface area contributed by atoms with Gasteiger partial charge in [0.2, 0.25) is 5.91 Å². The maximum atomic E-state index is 11.7. The fraction of sp³-hybridized carbons (Fsp3) is 0.909. The zero-order valence-corrected chi connectivity index (χ0v) is 10.8. The van der Waals surface area contributed by atoms with Crippen LogP contribution in [0.5, 0.6) is 0 Å². The third kappa shape index (κ3) is 3.38. The number of rotatable bonds is 4. The first kappa shape index (κ1) is 12.8. The van der Waals surface area contributed by atoms with Crippen LogP contribution in [0.25, 0.3) is 0 Å². The normalized spacial score (nSPS) is 24.1. The summed E-state index contributed by atoms with van der Waals surface area (Å²) in [6.07, 6.45) is 2.48. The highest BCUT2D eigenvalue weighted by Crippen LogP contribution is 2.17. The van der Waals surface area contributed by atoms with E-state index in [0.717, 1.165) is 13.1 Å². The average Bonchev–Trinajstić information content (AvgIpc) is 2.63. The van der Waals surface area contributed by atoms with Crippen molar-refractivity contribution >= 4 is 18.5 Å². The first-order chi connectivity index (χ1) is 7.06. The van der Waals surface area contributed by atoms with E-state index in [0.29, 0.717) is 6.04 Å². The molecule has 0 saturated carbocycles. The highest BCUT2D eigenvalue weighted by atomic mass is 32.1. The van der Waals surface area contributed by atoms with Crippen molar-refractivity contribution in [2.75, 3.05) is 26.7 Å². The summed E-state index contributed by atoms with van der Waals surface area (Å²) >= 11 is 4.17. The molecule has 0 spiro atoms. The fourth-order valence-electron chi connectivity index (χ4n) is 2.24. The lowest BCUT2D eigenvalue weighted by Crippen LogP contribution is -2.43. The Morgan fingerprint density at radius 1 is 1.67 bits per heavy atom. The van der Waals surface area contributed by atoms with Gasteiger partial charge >= 0.3 is 0 Å². The van der Waals surface area contributed by atoms with Gasteiger partial charge in [0.1, 0.15) is 0 Å². The van der Waals surface area contributed by atoms with Gasteiger partial charge in [-0.3, -0.25) is 9.69 Å². The molecule has 0 aliphatic carbocycles. The number of thiol groups is 1. The van der Waals surface area contributed by atoms with Crippen molar-refractivity contribution in [2.45, 2.75) is 38.0 Å². The maximum absolute atomic E-state index is 11.7. The van der Waals surface area contributed by atoms with Crippen molar-refractivity contribution in [1.29, 1.82) is 0 Å². The molecule has 0 aromatic carbocycles. The van der Waals surface area contributed by atoms with Crippen molar-refractivity contribution in [1.82, 2.24) is 9.80 Å². The number of amides is 1. The predicted octanol–water partition coefficient (Wildman–Crippen LogP) is 1.25. The lowest BCUT2D eigenvalue weighted by molar-refractivity contribution is -0.129. The molecule has 3 nitrogen and oxygen atoms in total. The molecule has 0 radical (unpaired) electrons. The molecule has 1 rings (SSSR count). The second-order valence-corrected chi connectivity index (χ2v) is 5.09. The minimum Gasteiger partial charge on any atom is -0.343 e. The Morgan fingerprint density at radius 3 is 2.87 bits per heavy atom. The molecule has 4 heteroatoms. The topological polar surface area (TPSA) is 23.6 Å². The van der Waals surface area contributed by atoms with Gasteiger partial charge in [-0.05, 0) is 32.9 Å². The van der Waals surface area contributed by atoms with Crippen LogP contribution in [0, 0.1) is 0 Å². The van der Waals surface area contributed by atoms with Crippen molar-refractivity contribution in [3.05, 3.63) is 0 Å². The van der Waals surface area contributed by atoms with Crippen LogP contribution in [0.3, 0.4) is 0 Å². The molecular weight excluding hydrogens is 208 g/mol. The van der Waals surface area contributed by atoms with E-state index < -0.39 is 0 Å². The molecule has 0 aromatic heterocycles. The molecule has 1 aliphatic rings. The summed E-state index contributed by atoms with van der Waals surface area (Å²) < 4.78 is 0. The van der Waals surface area contributed by atoms with Gasteiger partial charge in [-0.2, -0.15) is 12.6 Å². The van der Waals surface area contributed by atoms with E-state index in [-0.39, 0.29) is 11.2 Å². The molecule has 2 atom stereocenters. The Kier molecular flexibility index (Phi) is 4.93. The van der Waals surface area contributed by atoms with Gasteiger partial charge in [0.25, 0.3) is 0 Å². The van der Waals surface area contributed by atoms with Crippen LogP contribution >= 0.6 is 12.6 Å². The predicted molar refractivity (Wildman–Crippen MR) is 66.4 cm³/mol. The summed E-state index contributed by atoms with van der Waals surface area (Å²) in [5.41, 5.74) is 0. The Bertz CT molecular complexity index is 221. The Balaban J connectivity index is 2.43. The van der Waals surface area contributed by atoms with E-state index in [1.807, 2.05) is 18.9 Å². The molecule has 1 saturated heterocycles. The van der Waals surface area contributed by atoms with Crippen LogP contribution in [0.4, 0.5) is 0 Å². The van der Waals surface area contributed by atoms with Gasteiger partial charge in [-0.1, -0.05) is 6.92 Å². The lowest BCUT2D eigenvalue weighted by Gasteiger charge is -2.28. The van der Waals surface area contributed by atoms with Crippen molar-refractivity contribution < 1.29 is 4.79 Å². The van der Waals surface area contributed by atoms with Crippen LogP contribution in [0.15, 0.2) is 0 Å². The van der Waals surface area contributed by atoms with Gasteiger partial charge in [0, 0.05) is 19.6 Å². The standard InChI is InChI=1S/C11H22N2OS/c1-4-13-7-5-6-10(13)8-12(3)11(14)9(2)15/h9-10,15H,4-8H2,1-3H3. The molecule has 0 aromatic rings. The number of carbonyl (C=O) groups excluding carboxylic acids is 1. The van der Waals surface area contributed by atoms with Crippen molar-refractivity contribution in [2.24, 2.45) is 0 Å². The van der Waals surface area contributed by atoms with Gasteiger partial charge < -0.3 is 4.90 Å². The molecule has 0 bridgehead atoms. The van der Waals surface area contributed by atoms with Crippen LogP contribution in [0.2, 0.25) is 0 Å². The van der Waals surface area contributed by atoms with E-state index in [1.165, 1.54) is 19.4 Å². The summed E-state index contributed by atoms with van der Waals surface area (Å²) in [7, 11) is 1.88. The first-order valence-electron chi connectivity index (χ1n) is 5.73. The third-order valence-electron chi connectivity index (χ3n) is 3.12. The Labute approximate surface area is 98.2 Å². The van der Waals surface area contributed by atoms with Crippen LogP contribution in [-0.4, -0.2) is 53.7 Å². The Morgan fingerprint density at radius 2 is 2.33 bits per heavy atom. The smallest absolute Gasteiger partial charge is 0.234 e. The number of nitrogens with zero attached hydrogens (tertiary/aromatic N) is 2. The van der Waals surface area contributed by atoms with E-state index in [4.69, 9.17) is 0 Å². The number of hydrogen-bond acceptors (Lipinski definition) is 3. The average molecular weight is 230 g/mol. The Hall–Kier alpha value is -0.220.